The Labute approximate surface area is 167 Å². The molecule has 0 bridgehead atoms. The summed E-state index contributed by atoms with van der Waals surface area (Å²) in [6, 6.07) is 6.62. The summed E-state index contributed by atoms with van der Waals surface area (Å²) in [5.74, 6) is -0.482. The van der Waals surface area contributed by atoms with Gasteiger partial charge in [0, 0.05) is 13.0 Å². The number of ether oxygens (including phenoxy) is 1. The van der Waals surface area contributed by atoms with Crippen LogP contribution in [0.3, 0.4) is 0 Å². The van der Waals surface area contributed by atoms with Crippen LogP contribution in [0.5, 0.6) is 5.75 Å². The van der Waals surface area contributed by atoms with E-state index in [2.05, 4.69) is 17.6 Å². The fourth-order valence-electron chi connectivity index (χ4n) is 2.81. The number of unbranched alkanes of at least 4 members (excludes halogenated alkanes) is 4. The summed E-state index contributed by atoms with van der Waals surface area (Å²) in [5, 5.41) is 5.40. The molecule has 3 amide bonds. The molecule has 0 spiro atoms. The fraction of sp³-hybridized carbons (Fsp3) is 0.571. The van der Waals surface area contributed by atoms with Crippen LogP contribution in [0.25, 0.3) is 0 Å². The van der Waals surface area contributed by atoms with Gasteiger partial charge in [0.1, 0.15) is 11.8 Å². The first-order chi connectivity index (χ1) is 13.5. The Morgan fingerprint density at radius 3 is 2.36 bits per heavy atom. The molecule has 7 heteroatoms. The van der Waals surface area contributed by atoms with Gasteiger partial charge in [-0.3, -0.25) is 14.4 Å². The Balaban J connectivity index is 2.42. The Bertz CT molecular complexity index is 617. The molecule has 1 atom stereocenters. The van der Waals surface area contributed by atoms with E-state index in [9.17, 15) is 14.4 Å². The third-order valence-corrected chi connectivity index (χ3v) is 4.44. The molecule has 4 N–H and O–H groups in total. The van der Waals surface area contributed by atoms with Gasteiger partial charge < -0.3 is 21.1 Å². The smallest absolute Gasteiger partial charge is 0.243 e. The minimum atomic E-state index is -0.934. The lowest BCUT2D eigenvalue weighted by Crippen LogP contribution is -2.48. The van der Waals surface area contributed by atoms with Crippen LogP contribution in [0.2, 0.25) is 0 Å². The molecule has 0 fully saturated rings. The molecular formula is C21H33N3O4. The molecule has 0 unspecified atom stereocenters. The standard InChI is InChI=1S/C21H33N3O4/c1-3-4-5-6-7-8-20(26)24-18(15-19(22)25)21(27)23-14-13-16-9-11-17(28-2)12-10-16/h9-12,18H,3-8,13-15H2,1-2H3,(H2,22,25)(H,23,27)(H,24,26)/t18-/m1/s1. The monoisotopic (exact) mass is 391 g/mol. The number of methoxy groups -OCH3 is 1. The van der Waals surface area contributed by atoms with Crippen molar-refractivity contribution in [1.29, 1.82) is 0 Å². The second kappa shape index (κ2) is 13.6. The molecule has 0 aliphatic carbocycles. The van der Waals surface area contributed by atoms with Crippen molar-refractivity contribution in [2.24, 2.45) is 5.73 Å². The maximum atomic E-state index is 12.4. The van der Waals surface area contributed by atoms with Crippen LogP contribution in [-0.4, -0.2) is 37.4 Å². The lowest BCUT2D eigenvalue weighted by Gasteiger charge is -2.17. The molecule has 156 valence electrons. The highest BCUT2D eigenvalue weighted by atomic mass is 16.5. The van der Waals surface area contributed by atoms with E-state index in [1.165, 1.54) is 0 Å². The van der Waals surface area contributed by atoms with E-state index in [0.29, 0.717) is 19.4 Å². The van der Waals surface area contributed by atoms with Gasteiger partial charge in [-0.15, -0.1) is 0 Å². The minimum Gasteiger partial charge on any atom is -0.497 e. The molecule has 0 aliphatic rings. The van der Waals surface area contributed by atoms with E-state index in [1.54, 1.807) is 7.11 Å². The lowest BCUT2D eigenvalue weighted by molar-refractivity contribution is -0.131. The summed E-state index contributed by atoms with van der Waals surface area (Å²) in [5.41, 5.74) is 6.27. The van der Waals surface area contributed by atoms with E-state index in [1.807, 2.05) is 24.3 Å². The second-order valence-corrected chi connectivity index (χ2v) is 6.84. The van der Waals surface area contributed by atoms with Gasteiger partial charge in [0.05, 0.1) is 13.5 Å². The van der Waals surface area contributed by atoms with Crippen LogP contribution in [-0.2, 0) is 20.8 Å². The minimum absolute atomic E-state index is 0.212. The van der Waals surface area contributed by atoms with Gasteiger partial charge >= 0.3 is 0 Å². The van der Waals surface area contributed by atoms with Gasteiger partial charge in [-0.1, -0.05) is 44.7 Å². The third-order valence-electron chi connectivity index (χ3n) is 4.44. The van der Waals surface area contributed by atoms with Gasteiger partial charge in [-0.2, -0.15) is 0 Å². The zero-order chi connectivity index (χ0) is 20.8. The first kappa shape index (κ1) is 23.5. The van der Waals surface area contributed by atoms with Crippen molar-refractivity contribution >= 4 is 17.7 Å². The molecule has 0 aromatic heterocycles. The van der Waals surface area contributed by atoms with E-state index in [0.717, 1.165) is 43.4 Å². The largest absolute Gasteiger partial charge is 0.497 e. The van der Waals surface area contributed by atoms with Crippen LogP contribution < -0.4 is 21.1 Å². The molecule has 1 rings (SSSR count). The zero-order valence-electron chi connectivity index (χ0n) is 17.0. The van der Waals surface area contributed by atoms with Crippen molar-refractivity contribution in [1.82, 2.24) is 10.6 Å². The fourth-order valence-corrected chi connectivity index (χ4v) is 2.81. The molecule has 0 radical (unpaired) electrons. The second-order valence-electron chi connectivity index (χ2n) is 6.84. The number of benzene rings is 1. The highest BCUT2D eigenvalue weighted by Crippen LogP contribution is 2.11. The number of primary amides is 1. The molecule has 7 nitrogen and oxygen atoms in total. The summed E-state index contributed by atoms with van der Waals surface area (Å²) in [7, 11) is 1.60. The average molecular weight is 392 g/mol. The number of hydrogen-bond donors (Lipinski definition) is 3. The van der Waals surface area contributed by atoms with Gasteiger partial charge in [-0.25, -0.2) is 0 Å². The Kier molecular flexibility index (Phi) is 11.4. The normalized spacial score (nSPS) is 11.5. The van der Waals surface area contributed by atoms with Crippen molar-refractivity contribution in [3.8, 4) is 5.75 Å². The molecule has 0 heterocycles. The summed E-state index contributed by atoms with van der Waals surface area (Å²) in [6.45, 7) is 2.53. The van der Waals surface area contributed by atoms with E-state index >= 15 is 0 Å². The predicted molar refractivity (Wildman–Crippen MR) is 109 cm³/mol. The SMILES string of the molecule is CCCCCCCC(=O)N[C@H](CC(N)=O)C(=O)NCCc1ccc(OC)cc1. The molecule has 1 aromatic rings. The molecular weight excluding hydrogens is 358 g/mol. The quantitative estimate of drug-likeness (QED) is 0.422. The summed E-state index contributed by atoms with van der Waals surface area (Å²) >= 11 is 0. The van der Waals surface area contributed by atoms with Crippen molar-refractivity contribution < 1.29 is 19.1 Å². The van der Waals surface area contributed by atoms with Crippen LogP contribution in [0.1, 0.15) is 57.4 Å². The van der Waals surface area contributed by atoms with Crippen LogP contribution >= 0.6 is 0 Å². The lowest BCUT2D eigenvalue weighted by atomic mass is 10.1. The number of carbonyl (C=O) groups is 3. The van der Waals surface area contributed by atoms with Crippen LogP contribution in [0.15, 0.2) is 24.3 Å². The third kappa shape index (κ3) is 9.94. The molecule has 0 saturated heterocycles. The maximum Gasteiger partial charge on any atom is 0.243 e. The van der Waals surface area contributed by atoms with Crippen molar-refractivity contribution in [3.05, 3.63) is 29.8 Å². The highest BCUT2D eigenvalue weighted by molar-refractivity contribution is 5.91. The summed E-state index contributed by atoms with van der Waals surface area (Å²) < 4.78 is 5.11. The number of rotatable bonds is 14. The van der Waals surface area contributed by atoms with E-state index in [4.69, 9.17) is 10.5 Å². The molecule has 0 saturated carbocycles. The number of hydrogen-bond acceptors (Lipinski definition) is 4. The highest BCUT2D eigenvalue weighted by Gasteiger charge is 2.22. The first-order valence-electron chi connectivity index (χ1n) is 9.94. The summed E-state index contributed by atoms with van der Waals surface area (Å²) in [6.07, 6.45) is 5.91. The Hall–Kier alpha value is -2.57. The number of carbonyl (C=O) groups excluding carboxylic acids is 3. The first-order valence-corrected chi connectivity index (χ1v) is 9.94. The Morgan fingerprint density at radius 2 is 1.75 bits per heavy atom. The topological polar surface area (TPSA) is 111 Å². The van der Waals surface area contributed by atoms with Crippen molar-refractivity contribution in [3.63, 3.8) is 0 Å². The Morgan fingerprint density at radius 1 is 1.07 bits per heavy atom. The van der Waals surface area contributed by atoms with E-state index < -0.39 is 17.9 Å². The van der Waals surface area contributed by atoms with Gasteiger partial charge in [0.25, 0.3) is 0 Å². The van der Waals surface area contributed by atoms with Gasteiger partial charge in [-0.05, 0) is 30.5 Å². The maximum absolute atomic E-state index is 12.4. The number of nitrogens with two attached hydrogens (primary N) is 1. The van der Waals surface area contributed by atoms with Gasteiger partial charge in [0.15, 0.2) is 0 Å². The number of amides is 3. The average Bonchev–Trinajstić information content (AvgIpc) is 2.67. The molecule has 0 aliphatic heterocycles. The predicted octanol–water partition coefficient (Wildman–Crippen LogP) is 2.07. The van der Waals surface area contributed by atoms with Crippen molar-refractivity contribution in [2.45, 2.75) is 64.3 Å². The van der Waals surface area contributed by atoms with Crippen LogP contribution in [0, 0.1) is 0 Å². The zero-order valence-corrected chi connectivity index (χ0v) is 17.0. The van der Waals surface area contributed by atoms with Crippen molar-refractivity contribution in [2.75, 3.05) is 13.7 Å². The van der Waals surface area contributed by atoms with Gasteiger partial charge in [0.2, 0.25) is 17.7 Å². The molecule has 1 aromatic carbocycles. The van der Waals surface area contributed by atoms with E-state index in [-0.39, 0.29) is 12.3 Å². The number of nitrogens with one attached hydrogen (secondary N) is 2. The van der Waals surface area contributed by atoms with Crippen LogP contribution in [0.4, 0.5) is 0 Å². The molecule has 28 heavy (non-hydrogen) atoms. The summed E-state index contributed by atoms with van der Waals surface area (Å²) in [4.78, 5) is 35.7.